The summed E-state index contributed by atoms with van der Waals surface area (Å²) in [7, 11) is 0. The fourth-order valence-corrected chi connectivity index (χ4v) is 0.846. The van der Waals surface area contributed by atoms with Gasteiger partial charge >= 0.3 is 5.97 Å². The maximum Gasteiger partial charge on any atom is 0.356 e. The summed E-state index contributed by atoms with van der Waals surface area (Å²) in [5, 5.41) is 0.566. The standard InChI is InChI=1S/C7H4Cl2O2/c8-6-3-1-5(2-4-6)7(10)11-9/h1-4H. The highest BCUT2D eigenvalue weighted by molar-refractivity contribution is 6.30. The summed E-state index contributed by atoms with van der Waals surface area (Å²) < 4.78 is 3.97. The zero-order chi connectivity index (χ0) is 8.27. The summed E-state index contributed by atoms with van der Waals surface area (Å²) in [6.07, 6.45) is 0. The molecule has 1 rings (SSSR count). The first-order valence-corrected chi connectivity index (χ1v) is 3.51. The minimum atomic E-state index is -0.580. The Morgan fingerprint density at radius 2 is 1.82 bits per heavy atom. The van der Waals surface area contributed by atoms with Crippen molar-refractivity contribution in [2.24, 2.45) is 0 Å². The van der Waals surface area contributed by atoms with E-state index in [1.165, 1.54) is 12.1 Å². The Morgan fingerprint density at radius 3 is 2.27 bits per heavy atom. The van der Waals surface area contributed by atoms with Gasteiger partial charge in [-0.2, -0.15) is 0 Å². The van der Waals surface area contributed by atoms with Crippen LogP contribution in [0.3, 0.4) is 0 Å². The Balaban J connectivity index is 2.90. The first-order valence-electron chi connectivity index (χ1n) is 2.82. The molecule has 0 atom stereocenters. The van der Waals surface area contributed by atoms with Crippen molar-refractivity contribution in [2.75, 3.05) is 0 Å². The average Bonchev–Trinajstić information content (AvgIpc) is 2.05. The number of carbonyl (C=O) groups excluding carboxylic acids is 1. The summed E-state index contributed by atoms with van der Waals surface area (Å²) in [5.74, 6) is -0.580. The zero-order valence-corrected chi connectivity index (χ0v) is 6.89. The molecular weight excluding hydrogens is 187 g/mol. The van der Waals surface area contributed by atoms with E-state index in [2.05, 4.69) is 4.29 Å². The van der Waals surface area contributed by atoms with Gasteiger partial charge in [-0.3, -0.25) is 0 Å². The van der Waals surface area contributed by atoms with Crippen LogP contribution in [0.15, 0.2) is 24.3 Å². The second kappa shape index (κ2) is 3.60. The third-order valence-electron chi connectivity index (χ3n) is 1.15. The molecule has 0 saturated carbocycles. The van der Waals surface area contributed by atoms with Gasteiger partial charge in [0.25, 0.3) is 0 Å². The SMILES string of the molecule is O=C(OCl)c1ccc(Cl)cc1. The van der Waals surface area contributed by atoms with Gasteiger partial charge in [0.2, 0.25) is 0 Å². The zero-order valence-electron chi connectivity index (χ0n) is 5.38. The fraction of sp³-hybridized carbons (Fsp3) is 0. The lowest BCUT2D eigenvalue weighted by Crippen LogP contribution is -1.96. The molecule has 0 saturated heterocycles. The highest BCUT2D eigenvalue weighted by Crippen LogP contribution is 2.10. The molecule has 0 N–H and O–H groups in total. The van der Waals surface area contributed by atoms with Crippen molar-refractivity contribution < 1.29 is 9.08 Å². The maximum atomic E-state index is 10.7. The van der Waals surface area contributed by atoms with Crippen molar-refractivity contribution >= 4 is 29.4 Å². The molecule has 0 aliphatic heterocycles. The minimum absolute atomic E-state index is 0.379. The van der Waals surface area contributed by atoms with Gasteiger partial charge in [0, 0.05) is 5.02 Å². The lowest BCUT2D eigenvalue weighted by atomic mass is 10.2. The number of hydrogen-bond acceptors (Lipinski definition) is 2. The number of hydrogen-bond donors (Lipinski definition) is 0. The Kier molecular flexibility index (Phi) is 2.74. The number of halogens is 2. The Morgan fingerprint density at radius 1 is 1.27 bits per heavy atom. The molecule has 1 aromatic carbocycles. The monoisotopic (exact) mass is 190 g/mol. The highest BCUT2D eigenvalue weighted by atomic mass is 35.5. The summed E-state index contributed by atoms with van der Waals surface area (Å²) >= 11 is 10.4. The highest BCUT2D eigenvalue weighted by Gasteiger charge is 2.04. The van der Waals surface area contributed by atoms with Gasteiger partial charge < -0.3 is 4.29 Å². The van der Waals surface area contributed by atoms with Crippen molar-refractivity contribution in [1.29, 1.82) is 0 Å². The van der Waals surface area contributed by atoms with Crippen molar-refractivity contribution in [3.05, 3.63) is 34.9 Å². The average molecular weight is 191 g/mol. The number of rotatable bonds is 1. The molecule has 0 heterocycles. The molecule has 1 aromatic rings. The van der Waals surface area contributed by atoms with E-state index in [4.69, 9.17) is 23.5 Å². The van der Waals surface area contributed by atoms with Crippen LogP contribution in [-0.4, -0.2) is 5.97 Å². The molecule has 0 radical (unpaired) electrons. The van der Waals surface area contributed by atoms with Crippen LogP contribution in [0.4, 0.5) is 0 Å². The van der Waals surface area contributed by atoms with Gasteiger partial charge in [-0.25, -0.2) is 4.79 Å². The largest absolute Gasteiger partial charge is 0.356 e. The summed E-state index contributed by atoms with van der Waals surface area (Å²) in [4.78, 5) is 10.7. The lowest BCUT2D eigenvalue weighted by Gasteiger charge is -1.94. The molecule has 0 aliphatic carbocycles. The summed E-state index contributed by atoms with van der Waals surface area (Å²) in [6.45, 7) is 0. The summed E-state index contributed by atoms with van der Waals surface area (Å²) in [5.41, 5.74) is 0.379. The smallest absolute Gasteiger partial charge is 0.343 e. The topological polar surface area (TPSA) is 26.3 Å². The first-order chi connectivity index (χ1) is 5.24. The van der Waals surface area contributed by atoms with Gasteiger partial charge in [-0.1, -0.05) is 11.6 Å². The van der Waals surface area contributed by atoms with Crippen LogP contribution in [0.1, 0.15) is 10.4 Å². The van der Waals surface area contributed by atoms with E-state index in [9.17, 15) is 4.79 Å². The van der Waals surface area contributed by atoms with Crippen LogP contribution in [0.25, 0.3) is 0 Å². The maximum absolute atomic E-state index is 10.7. The quantitative estimate of drug-likeness (QED) is 0.681. The molecular formula is C7H4Cl2O2. The first kappa shape index (κ1) is 8.37. The normalized spacial score (nSPS) is 9.27. The minimum Gasteiger partial charge on any atom is -0.343 e. The van der Waals surface area contributed by atoms with Crippen molar-refractivity contribution in [3.8, 4) is 0 Å². The van der Waals surface area contributed by atoms with Crippen LogP contribution >= 0.6 is 23.5 Å². The summed E-state index contributed by atoms with van der Waals surface area (Å²) in [6, 6.07) is 6.25. The predicted octanol–water partition coefficient (Wildman–Crippen LogP) is 2.65. The van der Waals surface area contributed by atoms with E-state index >= 15 is 0 Å². The second-order valence-electron chi connectivity index (χ2n) is 1.87. The van der Waals surface area contributed by atoms with Crippen LogP contribution in [0.2, 0.25) is 5.02 Å². The van der Waals surface area contributed by atoms with E-state index in [1.807, 2.05) is 0 Å². The Bertz CT molecular complexity index is 256. The Hall–Kier alpha value is -0.730. The fourth-order valence-electron chi connectivity index (χ4n) is 0.631. The second-order valence-corrected chi connectivity index (χ2v) is 2.46. The molecule has 0 bridgehead atoms. The van der Waals surface area contributed by atoms with E-state index in [-0.39, 0.29) is 0 Å². The van der Waals surface area contributed by atoms with Gasteiger partial charge in [0.05, 0.1) is 5.56 Å². The molecule has 0 aliphatic rings. The molecule has 2 nitrogen and oxygen atoms in total. The third kappa shape index (κ3) is 2.10. The van der Waals surface area contributed by atoms with E-state index in [0.29, 0.717) is 10.6 Å². The molecule has 58 valence electrons. The third-order valence-corrected chi connectivity index (χ3v) is 1.54. The van der Waals surface area contributed by atoms with Crippen molar-refractivity contribution in [1.82, 2.24) is 0 Å². The van der Waals surface area contributed by atoms with Crippen molar-refractivity contribution in [3.63, 3.8) is 0 Å². The Labute approximate surface area is 73.9 Å². The molecule has 0 spiro atoms. The van der Waals surface area contributed by atoms with Crippen LogP contribution in [0, 0.1) is 0 Å². The number of benzene rings is 1. The molecule has 4 heteroatoms. The predicted molar refractivity (Wildman–Crippen MR) is 42.7 cm³/mol. The van der Waals surface area contributed by atoms with Gasteiger partial charge in [0.15, 0.2) is 0 Å². The molecule has 0 fully saturated rings. The van der Waals surface area contributed by atoms with E-state index in [0.717, 1.165) is 0 Å². The molecule has 0 aromatic heterocycles. The molecule has 0 unspecified atom stereocenters. The lowest BCUT2D eigenvalue weighted by molar-refractivity contribution is 0.0751. The van der Waals surface area contributed by atoms with E-state index in [1.54, 1.807) is 12.1 Å². The molecule has 0 amide bonds. The number of carbonyl (C=O) groups is 1. The van der Waals surface area contributed by atoms with Gasteiger partial charge in [-0.05, 0) is 24.3 Å². The van der Waals surface area contributed by atoms with Crippen molar-refractivity contribution in [2.45, 2.75) is 0 Å². The van der Waals surface area contributed by atoms with Crippen LogP contribution in [0.5, 0.6) is 0 Å². The van der Waals surface area contributed by atoms with Gasteiger partial charge in [-0.15, -0.1) is 0 Å². The van der Waals surface area contributed by atoms with Crippen LogP contribution in [-0.2, 0) is 4.29 Å². The van der Waals surface area contributed by atoms with Gasteiger partial charge in [0.1, 0.15) is 11.9 Å². The molecule has 11 heavy (non-hydrogen) atoms. The van der Waals surface area contributed by atoms with Crippen LogP contribution < -0.4 is 0 Å². The van der Waals surface area contributed by atoms with E-state index < -0.39 is 5.97 Å².